The second kappa shape index (κ2) is 5.02. The van der Waals surface area contributed by atoms with E-state index in [-0.39, 0.29) is 11.7 Å². The van der Waals surface area contributed by atoms with Gasteiger partial charge in [0.1, 0.15) is 5.41 Å². The monoisotopic (exact) mass is 267 g/mol. The Balaban J connectivity index is 1.96. The molecule has 3 atom stereocenters. The zero-order valence-electron chi connectivity index (χ0n) is 12.1. The number of carbonyl (C=O) groups is 1. The number of amidine groups is 1. The molecule has 5 heteroatoms. The lowest BCUT2D eigenvalue weighted by Crippen LogP contribution is -2.48. The summed E-state index contributed by atoms with van der Waals surface area (Å²) in [6.07, 6.45) is 5.29. The minimum atomic E-state index is -0.943. The third-order valence-corrected chi connectivity index (χ3v) is 5.02. The summed E-state index contributed by atoms with van der Waals surface area (Å²) in [5.74, 6) is 2.21. The zero-order chi connectivity index (χ0) is 14.2. The van der Waals surface area contributed by atoms with Crippen molar-refractivity contribution in [3.63, 3.8) is 0 Å². The van der Waals surface area contributed by atoms with Crippen molar-refractivity contribution in [2.75, 3.05) is 13.6 Å². The molecule has 0 aromatic rings. The van der Waals surface area contributed by atoms with Crippen LogP contribution in [0.25, 0.3) is 0 Å². The number of oxime groups is 1. The van der Waals surface area contributed by atoms with Gasteiger partial charge in [-0.1, -0.05) is 11.6 Å². The Morgan fingerprint density at radius 2 is 2.11 bits per heavy atom. The van der Waals surface area contributed by atoms with Crippen molar-refractivity contribution < 1.29 is 10.0 Å². The zero-order valence-corrected chi connectivity index (χ0v) is 12.1. The number of nitrogens with two attached hydrogens (primary N) is 1. The maximum absolute atomic E-state index is 12.4. The standard InChI is InChI=1S/C14H25N3O2/c1-14(2,12(15)16-19)13(18)17(3)8-11-7-9-4-5-10(11)6-9/h9-11,19H,4-8H2,1-3H3,(H2,15,16). The molecular formula is C14H25N3O2. The lowest BCUT2D eigenvalue weighted by atomic mass is 9.86. The van der Waals surface area contributed by atoms with Gasteiger partial charge in [-0.15, -0.1) is 0 Å². The highest BCUT2D eigenvalue weighted by Gasteiger charge is 2.42. The van der Waals surface area contributed by atoms with Crippen LogP contribution in [0.3, 0.4) is 0 Å². The van der Waals surface area contributed by atoms with E-state index < -0.39 is 5.41 Å². The summed E-state index contributed by atoms with van der Waals surface area (Å²) in [5.41, 5.74) is 4.67. The first-order valence-electron chi connectivity index (χ1n) is 7.09. The summed E-state index contributed by atoms with van der Waals surface area (Å²) in [6, 6.07) is 0. The molecule has 5 nitrogen and oxygen atoms in total. The molecule has 108 valence electrons. The van der Waals surface area contributed by atoms with Crippen LogP contribution in [-0.2, 0) is 4.79 Å². The Hall–Kier alpha value is -1.26. The van der Waals surface area contributed by atoms with E-state index in [9.17, 15) is 4.79 Å². The fourth-order valence-corrected chi connectivity index (χ4v) is 3.75. The topological polar surface area (TPSA) is 78.9 Å². The third kappa shape index (κ3) is 2.55. The lowest BCUT2D eigenvalue weighted by Gasteiger charge is -2.32. The van der Waals surface area contributed by atoms with Crippen molar-refractivity contribution >= 4 is 11.7 Å². The molecule has 0 radical (unpaired) electrons. The first-order valence-corrected chi connectivity index (χ1v) is 7.09. The molecule has 1 amide bonds. The number of carbonyl (C=O) groups excluding carboxylic acids is 1. The smallest absolute Gasteiger partial charge is 0.235 e. The maximum atomic E-state index is 12.4. The quantitative estimate of drug-likeness (QED) is 0.352. The maximum Gasteiger partial charge on any atom is 0.235 e. The summed E-state index contributed by atoms with van der Waals surface area (Å²) in [6.45, 7) is 4.19. The molecule has 0 aromatic carbocycles. The van der Waals surface area contributed by atoms with E-state index in [2.05, 4.69) is 5.16 Å². The number of amides is 1. The Labute approximate surface area is 114 Å². The summed E-state index contributed by atoms with van der Waals surface area (Å²) in [5, 5.41) is 11.7. The van der Waals surface area contributed by atoms with Crippen molar-refractivity contribution in [3.8, 4) is 0 Å². The van der Waals surface area contributed by atoms with Gasteiger partial charge in [-0.25, -0.2) is 0 Å². The second-order valence-corrected chi connectivity index (χ2v) is 6.73. The van der Waals surface area contributed by atoms with E-state index in [0.717, 1.165) is 18.4 Å². The van der Waals surface area contributed by atoms with Crippen LogP contribution in [0.1, 0.15) is 39.5 Å². The van der Waals surface area contributed by atoms with Gasteiger partial charge < -0.3 is 15.8 Å². The van der Waals surface area contributed by atoms with Crippen LogP contribution in [-0.4, -0.2) is 35.4 Å². The summed E-state index contributed by atoms with van der Waals surface area (Å²) >= 11 is 0. The summed E-state index contributed by atoms with van der Waals surface area (Å²) in [7, 11) is 1.82. The minimum absolute atomic E-state index is 0.0303. The molecule has 0 aliphatic heterocycles. The SMILES string of the molecule is CN(CC1CC2CCC1C2)C(=O)C(C)(C)C(N)=NO. The van der Waals surface area contributed by atoms with Crippen molar-refractivity contribution in [3.05, 3.63) is 0 Å². The van der Waals surface area contributed by atoms with Gasteiger partial charge in [-0.2, -0.15) is 0 Å². The van der Waals surface area contributed by atoms with Crippen LogP contribution >= 0.6 is 0 Å². The molecule has 2 fully saturated rings. The largest absolute Gasteiger partial charge is 0.409 e. The van der Waals surface area contributed by atoms with Gasteiger partial charge >= 0.3 is 0 Å². The molecular weight excluding hydrogens is 242 g/mol. The Kier molecular flexibility index (Phi) is 3.74. The average molecular weight is 267 g/mol. The predicted molar refractivity (Wildman–Crippen MR) is 73.8 cm³/mol. The minimum Gasteiger partial charge on any atom is -0.409 e. The van der Waals surface area contributed by atoms with Gasteiger partial charge in [0.05, 0.1) is 0 Å². The molecule has 3 N–H and O–H groups in total. The molecule has 0 aromatic heterocycles. The molecule has 2 bridgehead atoms. The van der Waals surface area contributed by atoms with Gasteiger partial charge in [0.25, 0.3) is 0 Å². The summed E-state index contributed by atoms with van der Waals surface area (Å²) < 4.78 is 0. The van der Waals surface area contributed by atoms with E-state index in [4.69, 9.17) is 10.9 Å². The highest BCUT2D eigenvalue weighted by Crippen LogP contribution is 2.48. The number of nitrogens with zero attached hydrogens (tertiary/aromatic N) is 2. The van der Waals surface area contributed by atoms with Gasteiger partial charge in [0.15, 0.2) is 5.84 Å². The lowest BCUT2D eigenvalue weighted by molar-refractivity contribution is -0.136. The molecule has 0 spiro atoms. The van der Waals surface area contributed by atoms with Crippen LogP contribution in [0.4, 0.5) is 0 Å². The van der Waals surface area contributed by atoms with Gasteiger partial charge in [0.2, 0.25) is 5.91 Å². The van der Waals surface area contributed by atoms with E-state index >= 15 is 0 Å². The van der Waals surface area contributed by atoms with Crippen LogP contribution < -0.4 is 5.73 Å². The number of rotatable bonds is 4. The predicted octanol–water partition coefficient (Wildman–Crippen LogP) is 1.65. The Bertz CT molecular complexity index is 392. The normalized spacial score (nSPS) is 30.7. The van der Waals surface area contributed by atoms with E-state index in [1.54, 1.807) is 18.7 Å². The van der Waals surface area contributed by atoms with Crippen LogP contribution in [0.2, 0.25) is 0 Å². The fraction of sp³-hybridized carbons (Fsp3) is 0.857. The van der Waals surface area contributed by atoms with Crippen molar-refractivity contribution in [1.82, 2.24) is 4.90 Å². The number of hydrogen-bond acceptors (Lipinski definition) is 3. The molecule has 2 rings (SSSR count). The molecule has 3 unspecified atom stereocenters. The molecule has 0 heterocycles. The van der Waals surface area contributed by atoms with E-state index in [1.807, 2.05) is 7.05 Å². The molecule has 2 saturated carbocycles. The van der Waals surface area contributed by atoms with Crippen LogP contribution in [0.15, 0.2) is 5.16 Å². The molecule has 2 aliphatic carbocycles. The average Bonchev–Trinajstić information content (AvgIpc) is 2.98. The number of fused-ring (bicyclic) bond motifs is 2. The second-order valence-electron chi connectivity index (χ2n) is 6.73. The van der Waals surface area contributed by atoms with Crippen LogP contribution in [0.5, 0.6) is 0 Å². The van der Waals surface area contributed by atoms with Crippen LogP contribution in [0, 0.1) is 23.2 Å². The van der Waals surface area contributed by atoms with Gasteiger partial charge in [0, 0.05) is 13.6 Å². The Morgan fingerprint density at radius 1 is 1.42 bits per heavy atom. The molecule has 0 saturated heterocycles. The first-order chi connectivity index (χ1) is 8.86. The van der Waals surface area contributed by atoms with Gasteiger partial charge in [-0.05, 0) is 50.9 Å². The molecule has 19 heavy (non-hydrogen) atoms. The van der Waals surface area contributed by atoms with E-state index in [1.165, 1.54) is 25.7 Å². The summed E-state index contributed by atoms with van der Waals surface area (Å²) in [4.78, 5) is 14.2. The Morgan fingerprint density at radius 3 is 2.58 bits per heavy atom. The fourth-order valence-electron chi connectivity index (χ4n) is 3.75. The van der Waals surface area contributed by atoms with Crippen molar-refractivity contribution in [1.29, 1.82) is 0 Å². The highest BCUT2D eigenvalue weighted by atomic mass is 16.4. The first kappa shape index (κ1) is 14.2. The molecule has 2 aliphatic rings. The van der Waals surface area contributed by atoms with E-state index in [0.29, 0.717) is 5.92 Å². The van der Waals surface area contributed by atoms with Crippen molar-refractivity contribution in [2.45, 2.75) is 39.5 Å². The highest BCUT2D eigenvalue weighted by molar-refractivity contribution is 6.05. The van der Waals surface area contributed by atoms with Gasteiger partial charge in [-0.3, -0.25) is 4.79 Å². The number of hydrogen-bond donors (Lipinski definition) is 2. The third-order valence-electron chi connectivity index (χ3n) is 5.02. The van der Waals surface area contributed by atoms with Crippen molar-refractivity contribution in [2.24, 2.45) is 34.1 Å².